The van der Waals surface area contributed by atoms with Gasteiger partial charge in [0.05, 0.1) is 38.1 Å². The molecule has 0 bridgehead atoms. The molecule has 3 heterocycles. The van der Waals surface area contributed by atoms with Crippen molar-refractivity contribution in [1.29, 1.82) is 0 Å². The monoisotopic (exact) mass is 366 g/mol. The number of phosphoric ester groups is 1. The van der Waals surface area contributed by atoms with Gasteiger partial charge in [-0.25, -0.2) is 4.57 Å². The summed E-state index contributed by atoms with van der Waals surface area (Å²) in [6, 6.07) is 0. The van der Waals surface area contributed by atoms with Crippen LogP contribution in [0.4, 0.5) is 0 Å². The van der Waals surface area contributed by atoms with Crippen LogP contribution in [-0.2, 0) is 37.1 Å². The normalized spacial score (nSPS) is 49.1. The van der Waals surface area contributed by atoms with Gasteiger partial charge < -0.3 is 18.9 Å². The minimum absolute atomic E-state index is 0.00905. The zero-order chi connectivity index (χ0) is 17.4. The van der Waals surface area contributed by atoms with Crippen molar-refractivity contribution >= 4 is 7.82 Å². The maximum atomic E-state index is 12.8. The molecule has 3 aliphatic heterocycles. The molecule has 140 valence electrons. The molecular formula is C15H27O8P. The van der Waals surface area contributed by atoms with Gasteiger partial charge in [-0.15, -0.1) is 0 Å². The molecule has 3 rings (SSSR count). The SMILES string of the molecule is COC[C@H]1O[C@@H](C)C[C@@H]1OP1(=O)OCC2(CO1)O[C@@H](C)C[C@@H]2OC. The van der Waals surface area contributed by atoms with E-state index in [9.17, 15) is 4.57 Å². The number of phosphoric acid groups is 1. The van der Waals surface area contributed by atoms with Crippen molar-refractivity contribution in [3.8, 4) is 0 Å². The molecule has 5 atom stereocenters. The quantitative estimate of drug-likeness (QED) is 0.683. The topological polar surface area (TPSA) is 81.7 Å². The second-order valence-corrected chi connectivity index (χ2v) is 8.39. The van der Waals surface area contributed by atoms with E-state index in [1.165, 1.54) is 0 Å². The van der Waals surface area contributed by atoms with E-state index in [2.05, 4.69) is 0 Å². The highest BCUT2D eigenvalue weighted by Crippen LogP contribution is 2.57. The summed E-state index contributed by atoms with van der Waals surface area (Å²) in [5.41, 5.74) is -0.725. The van der Waals surface area contributed by atoms with Crippen LogP contribution in [0.15, 0.2) is 0 Å². The van der Waals surface area contributed by atoms with Crippen molar-refractivity contribution in [3.05, 3.63) is 0 Å². The van der Waals surface area contributed by atoms with E-state index >= 15 is 0 Å². The highest BCUT2D eigenvalue weighted by molar-refractivity contribution is 7.48. The van der Waals surface area contributed by atoms with Crippen molar-refractivity contribution in [3.63, 3.8) is 0 Å². The first kappa shape index (κ1) is 18.7. The lowest BCUT2D eigenvalue weighted by Gasteiger charge is -2.39. The first-order chi connectivity index (χ1) is 11.4. The smallest absolute Gasteiger partial charge is 0.382 e. The molecule has 0 aromatic heterocycles. The molecule has 1 spiro atoms. The largest absolute Gasteiger partial charge is 0.475 e. The Hall–Kier alpha value is -0.0500. The van der Waals surface area contributed by atoms with Gasteiger partial charge in [-0.2, -0.15) is 0 Å². The van der Waals surface area contributed by atoms with Crippen LogP contribution in [0.3, 0.4) is 0 Å². The highest BCUT2D eigenvalue weighted by atomic mass is 31.2. The van der Waals surface area contributed by atoms with Crippen molar-refractivity contribution in [2.75, 3.05) is 34.0 Å². The average molecular weight is 366 g/mol. The molecule has 0 amide bonds. The summed E-state index contributed by atoms with van der Waals surface area (Å²) in [5.74, 6) is 0. The summed E-state index contributed by atoms with van der Waals surface area (Å²) >= 11 is 0. The van der Waals surface area contributed by atoms with Gasteiger partial charge in [-0.3, -0.25) is 13.6 Å². The number of hydrogen-bond donors (Lipinski definition) is 0. The summed E-state index contributed by atoms with van der Waals surface area (Å²) in [6.45, 7) is 4.51. The third-order valence-corrected chi connectivity index (χ3v) is 6.19. The molecule has 0 radical (unpaired) electrons. The van der Waals surface area contributed by atoms with Crippen LogP contribution >= 0.6 is 7.82 Å². The molecule has 0 aromatic carbocycles. The third kappa shape index (κ3) is 3.71. The van der Waals surface area contributed by atoms with Gasteiger partial charge in [0.15, 0.2) is 0 Å². The Balaban J connectivity index is 1.61. The second-order valence-electron chi connectivity index (χ2n) is 6.77. The summed E-state index contributed by atoms with van der Waals surface area (Å²) in [4.78, 5) is 0. The zero-order valence-electron chi connectivity index (χ0n) is 14.6. The fraction of sp³-hybridized carbons (Fsp3) is 1.00. The molecule has 3 fully saturated rings. The molecule has 9 heteroatoms. The molecule has 0 aromatic rings. The molecule has 24 heavy (non-hydrogen) atoms. The van der Waals surface area contributed by atoms with Crippen LogP contribution in [0.2, 0.25) is 0 Å². The predicted molar refractivity (Wildman–Crippen MR) is 83.9 cm³/mol. The van der Waals surface area contributed by atoms with E-state index in [0.29, 0.717) is 13.0 Å². The molecule has 0 unspecified atom stereocenters. The summed E-state index contributed by atoms with van der Waals surface area (Å²) in [6.07, 6.45) is 0.584. The average Bonchev–Trinajstić information content (AvgIpc) is 3.03. The van der Waals surface area contributed by atoms with Crippen LogP contribution in [-0.4, -0.2) is 70.2 Å². The minimum atomic E-state index is -3.66. The molecule has 0 N–H and O–H groups in total. The van der Waals surface area contributed by atoms with Gasteiger partial charge in [0.25, 0.3) is 0 Å². The Morgan fingerprint density at radius 3 is 2.46 bits per heavy atom. The fourth-order valence-electron chi connectivity index (χ4n) is 3.63. The van der Waals surface area contributed by atoms with E-state index in [1.807, 2.05) is 13.8 Å². The van der Waals surface area contributed by atoms with Crippen LogP contribution in [0.25, 0.3) is 0 Å². The molecular weight excluding hydrogens is 339 g/mol. The van der Waals surface area contributed by atoms with Crippen LogP contribution in [0, 0.1) is 0 Å². The minimum Gasteiger partial charge on any atom is -0.382 e. The third-order valence-electron chi connectivity index (χ3n) is 4.77. The van der Waals surface area contributed by atoms with E-state index in [-0.39, 0.29) is 43.7 Å². The van der Waals surface area contributed by atoms with Crippen LogP contribution in [0.5, 0.6) is 0 Å². The summed E-state index contributed by atoms with van der Waals surface area (Å²) in [7, 11) is -0.437. The van der Waals surface area contributed by atoms with E-state index in [4.69, 9.17) is 32.5 Å². The molecule has 3 aliphatic rings. The Morgan fingerprint density at radius 1 is 1.12 bits per heavy atom. The lowest BCUT2D eigenvalue weighted by atomic mass is 9.98. The highest BCUT2D eigenvalue weighted by Gasteiger charge is 2.55. The molecule has 0 aliphatic carbocycles. The van der Waals surface area contributed by atoms with Gasteiger partial charge >= 0.3 is 7.82 Å². The lowest BCUT2D eigenvalue weighted by molar-refractivity contribution is -0.160. The van der Waals surface area contributed by atoms with Crippen molar-refractivity contribution in [1.82, 2.24) is 0 Å². The van der Waals surface area contributed by atoms with Crippen LogP contribution in [0.1, 0.15) is 26.7 Å². The Labute approximate surface area is 142 Å². The maximum Gasteiger partial charge on any atom is 0.475 e. The van der Waals surface area contributed by atoms with Gasteiger partial charge in [0.2, 0.25) is 0 Å². The number of methoxy groups -OCH3 is 2. The van der Waals surface area contributed by atoms with E-state index in [0.717, 1.165) is 6.42 Å². The summed E-state index contributed by atoms with van der Waals surface area (Å²) < 4.78 is 51.8. The zero-order valence-corrected chi connectivity index (χ0v) is 15.5. The number of hydrogen-bond acceptors (Lipinski definition) is 8. The van der Waals surface area contributed by atoms with Gasteiger partial charge in [0, 0.05) is 27.1 Å². The molecule has 3 saturated heterocycles. The fourth-order valence-corrected chi connectivity index (χ4v) is 5.13. The lowest BCUT2D eigenvalue weighted by Crippen LogP contribution is -2.51. The molecule has 0 saturated carbocycles. The van der Waals surface area contributed by atoms with E-state index < -0.39 is 13.4 Å². The Morgan fingerprint density at radius 2 is 1.83 bits per heavy atom. The van der Waals surface area contributed by atoms with Crippen LogP contribution < -0.4 is 0 Å². The standard InChI is InChI=1S/C15H27O8P/c1-10-5-12(13(21-10)7-17-3)23-24(16)19-8-15(9-20-24)14(18-4)6-11(2)22-15/h10-14H,5-9H2,1-4H3/t10-,11-,12-,13+,14-,15?,24?/m0/s1. The van der Waals surface area contributed by atoms with Gasteiger partial charge in [-0.05, 0) is 13.8 Å². The molecule has 8 nitrogen and oxygen atoms in total. The summed E-state index contributed by atoms with van der Waals surface area (Å²) in [5, 5.41) is 0. The maximum absolute atomic E-state index is 12.8. The van der Waals surface area contributed by atoms with Gasteiger partial charge in [0.1, 0.15) is 17.8 Å². The van der Waals surface area contributed by atoms with Crippen molar-refractivity contribution < 1.29 is 37.1 Å². The number of ether oxygens (including phenoxy) is 4. The first-order valence-corrected chi connectivity index (χ1v) is 9.78. The van der Waals surface area contributed by atoms with Crippen molar-refractivity contribution in [2.45, 2.75) is 62.8 Å². The number of rotatable bonds is 5. The predicted octanol–water partition coefficient (Wildman–Crippen LogP) is 1.91. The van der Waals surface area contributed by atoms with E-state index in [1.54, 1.807) is 14.2 Å². The first-order valence-electron chi connectivity index (χ1n) is 8.32. The Kier molecular flexibility index (Phi) is 5.69. The Bertz CT molecular complexity index is 474. The van der Waals surface area contributed by atoms with Crippen molar-refractivity contribution in [2.24, 2.45) is 0 Å². The van der Waals surface area contributed by atoms with Gasteiger partial charge in [-0.1, -0.05) is 0 Å². The second kappa shape index (κ2) is 7.29.